The Morgan fingerprint density at radius 3 is 2.63 bits per heavy atom. The number of amides is 2. The van der Waals surface area contributed by atoms with Crippen LogP contribution in [0.25, 0.3) is 0 Å². The van der Waals surface area contributed by atoms with Gasteiger partial charge in [0.05, 0.1) is 17.2 Å². The van der Waals surface area contributed by atoms with Gasteiger partial charge in [0.2, 0.25) is 11.8 Å². The molecule has 1 unspecified atom stereocenters. The molecule has 0 radical (unpaired) electrons. The molecule has 2 N–H and O–H groups in total. The van der Waals surface area contributed by atoms with Crippen molar-refractivity contribution < 1.29 is 14.3 Å². The highest BCUT2D eigenvalue weighted by atomic mass is 35.5. The third-order valence-electron chi connectivity index (χ3n) is 4.25. The average Bonchev–Trinajstić information content (AvgIpc) is 2.70. The normalized spacial score (nSPS) is 11.8. The first-order valence-corrected chi connectivity index (χ1v) is 10.7. The Labute approximate surface area is 187 Å². The average molecular weight is 452 g/mol. The molecule has 2 aromatic rings. The third-order valence-corrected chi connectivity index (χ3v) is 4.80. The molecule has 8 heteroatoms. The fraction of sp³-hybridized carbons (Fsp3) is 0.409. The summed E-state index contributed by atoms with van der Waals surface area (Å²) in [4.78, 5) is 29.7. The zero-order valence-electron chi connectivity index (χ0n) is 17.4. The molecule has 1 heterocycles. The van der Waals surface area contributed by atoms with E-state index < -0.39 is 11.9 Å². The molecule has 0 spiro atoms. The van der Waals surface area contributed by atoms with Gasteiger partial charge in [0.1, 0.15) is 6.04 Å². The van der Waals surface area contributed by atoms with E-state index in [1.807, 2.05) is 26.8 Å². The molecule has 2 amide bonds. The van der Waals surface area contributed by atoms with Gasteiger partial charge in [0.25, 0.3) is 5.91 Å². The zero-order chi connectivity index (χ0) is 22.1. The summed E-state index contributed by atoms with van der Waals surface area (Å²) in [6.07, 6.45) is 2.99. The van der Waals surface area contributed by atoms with Crippen molar-refractivity contribution >= 4 is 35.0 Å². The van der Waals surface area contributed by atoms with E-state index in [0.717, 1.165) is 12.0 Å². The van der Waals surface area contributed by atoms with E-state index in [9.17, 15) is 9.59 Å². The quantitative estimate of drug-likeness (QED) is 0.551. The summed E-state index contributed by atoms with van der Waals surface area (Å²) < 4.78 is 5.63. The Balaban J connectivity index is 2.07. The van der Waals surface area contributed by atoms with Crippen molar-refractivity contribution in [2.24, 2.45) is 5.92 Å². The maximum absolute atomic E-state index is 12.8. The van der Waals surface area contributed by atoms with Gasteiger partial charge in [0.15, 0.2) is 0 Å². The summed E-state index contributed by atoms with van der Waals surface area (Å²) in [6.45, 7) is 6.78. The number of carbonyl (C=O) groups excluding carboxylic acids is 2. The van der Waals surface area contributed by atoms with E-state index in [0.29, 0.717) is 23.9 Å². The monoisotopic (exact) mass is 451 g/mol. The smallest absolute Gasteiger partial charge is 0.253 e. The molecule has 0 aliphatic carbocycles. The summed E-state index contributed by atoms with van der Waals surface area (Å²) in [5, 5.41) is 6.33. The van der Waals surface area contributed by atoms with Crippen LogP contribution in [0.1, 0.15) is 49.5 Å². The lowest BCUT2D eigenvalue weighted by Gasteiger charge is -2.21. The van der Waals surface area contributed by atoms with E-state index >= 15 is 0 Å². The first-order chi connectivity index (χ1) is 14.3. The van der Waals surface area contributed by atoms with Crippen molar-refractivity contribution in [1.82, 2.24) is 15.6 Å². The summed E-state index contributed by atoms with van der Waals surface area (Å²) >= 11 is 12.0. The minimum Gasteiger partial charge on any atom is -0.477 e. The van der Waals surface area contributed by atoms with Crippen molar-refractivity contribution in [1.29, 1.82) is 0 Å². The Morgan fingerprint density at radius 2 is 1.97 bits per heavy atom. The maximum atomic E-state index is 12.8. The largest absolute Gasteiger partial charge is 0.477 e. The number of nitrogens with one attached hydrogen (secondary N) is 2. The van der Waals surface area contributed by atoms with Crippen LogP contribution in [0.2, 0.25) is 10.0 Å². The Bertz CT molecular complexity index is 874. The first kappa shape index (κ1) is 24.0. The maximum Gasteiger partial charge on any atom is 0.253 e. The van der Waals surface area contributed by atoms with Crippen LogP contribution in [0.3, 0.4) is 0 Å². The minimum atomic E-state index is -0.707. The Kier molecular flexibility index (Phi) is 9.40. The second-order valence-electron chi connectivity index (χ2n) is 7.31. The number of aromatic nitrogens is 1. The van der Waals surface area contributed by atoms with Crippen LogP contribution in [0, 0.1) is 5.92 Å². The van der Waals surface area contributed by atoms with E-state index in [4.69, 9.17) is 27.9 Å². The van der Waals surface area contributed by atoms with Crippen molar-refractivity contribution in [2.75, 3.05) is 6.61 Å². The van der Waals surface area contributed by atoms with Gasteiger partial charge in [-0.15, -0.1) is 0 Å². The minimum absolute atomic E-state index is 0.198. The molecule has 1 atom stereocenters. The Hall–Kier alpha value is -2.31. The van der Waals surface area contributed by atoms with Crippen molar-refractivity contribution in [2.45, 2.75) is 46.2 Å². The fourth-order valence-electron chi connectivity index (χ4n) is 2.81. The highest BCUT2D eigenvalue weighted by molar-refractivity contribution is 6.36. The predicted octanol–water partition coefficient (Wildman–Crippen LogP) is 4.64. The first-order valence-electron chi connectivity index (χ1n) is 9.92. The number of carbonyl (C=O) groups is 2. The summed E-state index contributed by atoms with van der Waals surface area (Å²) in [5.41, 5.74) is 1.04. The van der Waals surface area contributed by atoms with Gasteiger partial charge < -0.3 is 15.4 Å². The highest BCUT2D eigenvalue weighted by Gasteiger charge is 2.23. The lowest BCUT2D eigenvalue weighted by atomic mass is 10.0. The number of rotatable bonds is 10. The molecule has 0 aliphatic rings. The molecule has 162 valence electrons. The molecule has 1 aromatic heterocycles. The van der Waals surface area contributed by atoms with E-state index in [1.54, 1.807) is 18.3 Å². The molecular weight excluding hydrogens is 425 g/mol. The van der Waals surface area contributed by atoms with Crippen LogP contribution in [0.5, 0.6) is 5.88 Å². The molecule has 0 saturated carbocycles. The number of nitrogens with zero attached hydrogens (tertiary/aromatic N) is 1. The van der Waals surface area contributed by atoms with Crippen molar-refractivity contribution in [3.05, 3.63) is 57.7 Å². The van der Waals surface area contributed by atoms with E-state index in [2.05, 4.69) is 15.6 Å². The SMILES string of the molecule is CCCOc1ncccc1CNC(=O)C(CC(C)C)NC(=O)c1ccc(Cl)cc1Cl. The summed E-state index contributed by atoms with van der Waals surface area (Å²) in [6, 6.07) is 7.55. The molecule has 0 aliphatic heterocycles. The molecule has 1 aromatic carbocycles. The Morgan fingerprint density at radius 1 is 1.20 bits per heavy atom. The number of ether oxygens (including phenoxy) is 1. The molecule has 2 rings (SSSR count). The van der Waals surface area contributed by atoms with Gasteiger partial charge in [-0.25, -0.2) is 4.98 Å². The lowest BCUT2D eigenvalue weighted by molar-refractivity contribution is -0.123. The van der Waals surface area contributed by atoms with Crippen LogP contribution in [-0.4, -0.2) is 29.4 Å². The number of halogens is 2. The zero-order valence-corrected chi connectivity index (χ0v) is 18.9. The van der Waals surface area contributed by atoms with E-state index in [-0.39, 0.29) is 29.0 Å². The molecule has 30 heavy (non-hydrogen) atoms. The number of pyridine rings is 1. The molecule has 0 saturated heterocycles. The van der Waals surface area contributed by atoms with Crippen LogP contribution in [-0.2, 0) is 11.3 Å². The second kappa shape index (κ2) is 11.8. The number of benzene rings is 1. The highest BCUT2D eigenvalue weighted by Crippen LogP contribution is 2.21. The predicted molar refractivity (Wildman–Crippen MR) is 119 cm³/mol. The van der Waals surface area contributed by atoms with Gasteiger partial charge in [-0.1, -0.05) is 50.0 Å². The van der Waals surface area contributed by atoms with Crippen LogP contribution in [0.4, 0.5) is 0 Å². The van der Waals surface area contributed by atoms with Crippen LogP contribution < -0.4 is 15.4 Å². The van der Waals surface area contributed by atoms with Crippen molar-refractivity contribution in [3.63, 3.8) is 0 Å². The van der Waals surface area contributed by atoms with Gasteiger partial charge in [0, 0.05) is 23.3 Å². The molecule has 0 fully saturated rings. The standard InChI is InChI=1S/C22H27Cl2N3O3/c1-4-10-30-22-15(6-5-9-25-22)13-26-21(29)19(11-14(2)3)27-20(28)17-8-7-16(23)12-18(17)24/h5-9,12,14,19H,4,10-11,13H2,1-3H3,(H,26,29)(H,27,28). The molecule has 0 bridgehead atoms. The van der Waals surface area contributed by atoms with Gasteiger partial charge in [-0.2, -0.15) is 0 Å². The lowest BCUT2D eigenvalue weighted by Crippen LogP contribution is -2.47. The second-order valence-corrected chi connectivity index (χ2v) is 8.16. The molecule has 6 nitrogen and oxygen atoms in total. The van der Waals surface area contributed by atoms with Gasteiger partial charge in [-0.3, -0.25) is 9.59 Å². The van der Waals surface area contributed by atoms with Crippen LogP contribution in [0.15, 0.2) is 36.5 Å². The summed E-state index contributed by atoms with van der Waals surface area (Å²) in [5.74, 6) is -0.0149. The number of hydrogen-bond donors (Lipinski definition) is 2. The third kappa shape index (κ3) is 7.18. The topological polar surface area (TPSA) is 80.3 Å². The fourth-order valence-corrected chi connectivity index (χ4v) is 3.30. The van der Waals surface area contributed by atoms with Crippen molar-refractivity contribution in [3.8, 4) is 5.88 Å². The van der Waals surface area contributed by atoms with Gasteiger partial charge >= 0.3 is 0 Å². The van der Waals surface area contributed by atoms with Gasteiger partial charge in [-0.05, 0) is 43.0 Å². The number of hydrogen-bond acceptors (Lipinski definition) is 4. The van der Waals surface area contributed by atoms with Crippen LogP contribution >= 0.6 is 23.2 Å². The summed E-state index contributed by atoms with van der Waals surface area (Å²) in [7, 11) is 0. The molecular formula is C22H27Cl2N3O3. The van der Waals surface area contributed by atoms with E-state index in [1.165, 1.54) is 12.1 Å².